The van der Waals surface area contributed by atoms with Crippen LogP contribution in [-0.4, -0.2) is 16.2 Å². The van der Waals surface area contributed by atoms with E-state index in [1.807, 2.05) is 0 Å². The fourth-order valence-electron chi connectivity index (χ4n) is 3.32. The summed E-state index contributed by atoms with van der Waals surface area (Å²) in [4.78, 5) is 0. The van der Waals surface area contributed by atoms with Gasteiger partial charge >= 0.3 is 0 Å². The highest BCUT2D eigenvalue weighted by atomic mass is 35.5. The van der Waals surface area contributed by atoms with Crippen LogP contribution in [-0.2, 0) is 0 Å². The first kappa shape index (κ1) is 16.7. The maximum atomic E-state index is 6.20. The second-order valence-corrected chi connectivity index (χ2v) is 7.01. The third-order valence-corrected chi connectivity index (χ3v) is 5.17. The molecule has 1 aromatic heterocycles. The molecule has 1 N–H and O–H groups in total. The van der Waals surface area contributed by atoms with Crippen LogP contribution < -0.4 is 5.32 Å². The van der Waals surface area contributed by atoms with Crippen molar-refractivity contribution in [2.45, 2.75) is 51.6 Å². The summed E-state index contributed by atoms with van der Waals surface area (Å²) in [5.41, 5.74) is 0.703. The molecular formula is C17H21Cl2N3O. The molecular weight excluding hydrogens is 333 g/mol. The fourth-order valence-corrected chi connectivity index (χ4v) is 3.81. The van der Waals surface area contributed by atoms with Gasteiger partial charge in [0.05, 0.1) is 16.6 Å². The first-order valence-electron chi connectivity index (χ1n) is 8.13. The van der Waals surface area contributed by atoms with Crippen LogP contribution in [0.5, 0.6) is 0 Å². The van der Waals surface area contributed by atoms with Gasteiger partial charge in [0.15, 0.2) is 0 Å². The number of halogens is 2. The summed E-state index contributed by atoms with van der Waals surface area (Å²) in [6.45, 7) is 4.31. The van der Waals surface area contributed by atoms with Crippen molar-refractivity contribution in [1.29, 1.82) is 0 Å². The average Bonchev–Trinajstić information content (AvgIpc) is 3.16. The lowest BCUT2D eigenvalue weighted by atomic mass is 10.00. The van der Waals surface area contributed by atoms with Crippen LogP contribution in [0.25, 0.3) is 11.5 Å². The molecule has 0 bridgehead atoms. The van der Waals surface area contributed by atoms with E-state index < -0.39 is 0 Å². The number of nitrogens with one attached hydrogen (secondary N) is 1. The Labute approximate surface area is 146 Å². The zero-order valence-corrected chi connectivity index (χ0v) is 14.9. The first-order chi connectivity index (χ1) is 11.1. The fraction of sp³-hybridized carbons (Fsp3) is 0.529. The summed E-state index contributed by atoms with van der Waals surface area (Å²) >= 11 is 12.1. The van der Waals surface area contributed by atoms with Crippen LogP contribution in [0, 0.1) is 5.92 Å². The van der Waals surface area contributed by atoms with Crippen LogP contribution in [0.15, 0.2) is 22.6 Å². The first-order valence-corrected chi connectivity index (χ1v) is 8.89. The van der Waals surface area contributed by atoms with Crippen LogP contribution in [0.3, 0.4) is 0 Å². The molecule has 0 radical (unpaired) electrons. The van der Waals surface area contributed by atoms with Gasteiger partial charge in [0.2, 0.25) is 11.8 Å². The molecule has 23 heavy (non-hydrogen) atoms. The highest BCUT2D eigenvalue weighted by molar-refractivity contribution is 6.36. The van der Waals surface area contributed by atoms with E-state index in [1.165, 1.54) is 25.7 Å². The summed E-state index contributed by atoms with van der Waals surface area (Å²) < 4.78 is 5.82. The van der Waals surface area contributed by atoms with Crippen molar-refractivity contribution in [3.63, 3.8) is 0 Å². The second-order valence-electron chi connectivity index (χ2n) is 6.16. The van der Waals surface area contributed by atoms with E-state index in [2.05, 4.69) is 29.4 Å². The summed E-state index contributed by atoms with van der Waals surface area (Å²) in [7, 11) is 0. The minimum atomic E-state index is 0.0273. The van der Waals surface area contributed by atoms with Crippen molar-refractivity contribution in [1.82, 2.24) is 15.5 Å². The monoisotopic (exact) mass is 353 g/mol. The predicted octanol–water partition coefficient (Wildman–Crippen LogP) is 5.27. The third kappa shape index (κ3) is 3.70. The number of rotatable bonds is 5. The second kappa shape index (κ2) is 7.20. The molecule has 1 aliphatic rings. The number of hydrogen-bond acceptors (Lipinski definition) is 4. The van der Waals surface area contributed by atoms with Gasteiger partial charge in [0, 0.05) is 11.1 Å². The molecule has 1 saturated carbocycles. The number of nitrogens with zero attached hydrogens (tertiary/aromatic N) is 2. The Morgan fingerprint density at radius 2 is 2.13 bits per heavy atom. The van der Waals surface area contributed by atoms with Crippen LogP contribution in [0.1, 0.15) is 51.5 Å². The molecule has 0 aliphatic heterocycles. The Hall–Kier alpha value is -1.10. The molecule has 0 spiro atoms. The quantitative estimate of drug-likeness (QED) is 0.794. The highest BCUT2D eigenvalue weighted by Gasteiger charge is 2.28. The number of benzene rings is 1. The molecule has 1 heterocycles. The van der Waals surface area contributed by atoms with Crippen molar-refractivity contribution < 1.29 is 4.42 Å². The Kier molecular flexibility index (Phi) is 5.24. The minimum absolute atomic E-state index is 0.0273. The Morgan fingerprint density at radius 1 is 1.30 bits per heavy atom. The third-order valence-electron chi connectivity index (χ3n) is 4.62. The minimum Gasteiger partial charge on any atom is -0.419 e. The smallest absolute Gasteiger partial charge is 0.249 e. The summed E-state index contributed by atoms with van der Waals surface area (Å²) in [5, 5.41) is 13.0. The van der Waals surface area contributed by atoms with Crippen LogP contribution in [0.4, 0.5) is 0 Å². The zero-order chi connectivity index (χ0) is 16.4. The van der Waals surface area contributed by atoms with Gasteiger partial charge in [-0.2, -0.15) is 0 Å². The molecule has 1 aliphatic carbocycles. The van der Waals surface area contributed by atoms with Gasteiger partial charge in [-0.05, 0) is 43.9 Å². The molecule has 3 rings (SSSR count). The average molecular weight is 354 g/mol. The maximum absolute atomic E-state index is 6.20. The molecule has 0 unspecified atom stereocenters. The molecule has 124 valence electrons. The Bertz CT molecular complexity index is 674. The van der Waals surface area contributed by atoms with Gasteiger partial charge in [0.25, 0.3) is 0 Å². The van der Waals surface area contributed by atoms with E-state index in [0.29, 0.717) is 33.4 Å². The molecule has 0 saturated heterocycles. The molecule has 1 aromatic carbocycles. The largest absolute Gasteiger partial charge is 0.419 e. The van der Waals surface area contributed by atoms with Crippen LogP contribution in [0.2, 0.25) is 10.0 Å². The van der Waals surface area contributed by atoms with Gasteiger partial charge in [-0.1, -0.05) is 43.0 Å². The van der Waals surface area contributed by atoms with E-state index in [0.717, 1.165) is 5.92 Å². The SMILES string of the molecule is CC[C@@H]1CCC[C@H]1N[C@@H](C)c1nnc(-c2ccc(Cl)cc2Cl)o1. The van der Waals surface area contributed by atoms with Crippen molar-refractivity contribution >= 4 is 23.2 Å². The normalized spacial score (nSPS) is 22.4. The van der Waals surface area contributed by atoms with E-state index in [9.17, 15) is 0 Å². The highest BCUT2D eigenvalue weighted by Crippen LogP contribution is 2.32. The van der Waals surface area contributed by atoms with Crippen molar-refractivity contribution in [2.75, 3.05) is 0 Å². The molecule has 3 atom stereocenters. The zero-order valence-electron chi connectivity index (χ0n) is 13.4. The number of aromatic nitrogens is 2. The lowest BCUT2D eigenvalue weighted by Gasteiger charge is -2.22. The Morgan fingerprint density at radius 3 is 2.87 bits per heavy atom. The van der Waals surface area contributed by atoms with Gasteiger partial charge < -0.3 is 9.73 Å². The van der Waals surface area contributed by atoms with E-state index in [1.54, 1.807) is 18.2 Å². The summed E-state index contributed by atoms with van der Waals surface area (Å²) in [5.74, 6) is 1.76. The van der Waals surface area contributed by atoms with Gasteiger partial charge in [0.1, 0.15) is 0 Å². The lowest BCUT2D eigenvalue weighted by Crippen LogP contribution is -2.34. The van der Waals surface area contributed by atoms with Gasteiger partial charge in [-0.25, -0.2) is 0 Å². The predicted molar refractivity (Wildman–Crippen MR) is 92.7 cm³/mol. The molecule has 6 heteroatoms. The molecule has 4 nitrogen and oxygen atoms in total. The van der Waals surface area contributed by atoms with E-state index >= 15 is 0 Å². The van der Waals surface area contributed by atoms with E-state index in [4.69, 9.17) is 27.6 Å². The van der Waals surface area contributed by atoms with E-state index in [-0.39, 0.29) is 6.04 Å². The Balaban J connectivity index is 1.73. The summed E-state index contributed by atoms with van der Waals surface area (Å²) in [6.07, 6.45) is 5.02. The maximum Gasteiger partial charge on any atom is 0.249 e. The van der Waals surface area contributed by atoms with Crippen molar-refractivity contribution in [3.8, 4) is 11.5 Å². The van der Waals surface area contributed by atoms with Crippen molar-refractivity contribution in [3.05, 3.63) is 34.1 Å². The van der Waals surface area contributed by atoms with Gasteiger partial charge in [-0.15, -0.1) is 10.2 Å². The summed E-state index contributed by atoms with van der Waals surface area (Å²) in [6, 6.07) is 5.79. The topological polar surface area (TPSA) is 51.0 Å². The van der Waals surface area contributed by atoms with Gasteiger partial charge in [-0.3, -0.25) is 0 Å². The molecule has 0 amide bonds. The number of hydrogen-bond donors (Lipinski definition) is 1. The molecule has 1 fully saturated rings. The standard InChI is InChI=1S/C17H21Cl2N3O/c1-3-11-5-4-6-15(11)20-10(2)16-21-22-17(23-16)13-8-7-12(18)9-14(13)19/h7-11,15,20H,3-6H2,1-2H3/t10-,11+,15+/m0/s1. The van der Waals surface area contributed by atoms with Crippen molar-refractivity contribution in [2.24, 2.45) is 5.92 Å². The van der Waals surface area contributed by atoms with Crippen LogP contribution >= 0.6 is 23.2 Å². The molecule has 2 aromatic rings. The lowest BCUT2D eigenvalue weighted by molar-refractivity contribution is 0.328.